The van der Waals surface area contributed by atoms with Crippen molar-refractivity contribution in [1.29, 1.82) is 0 Å². The lowest BCUT2D eigenvalue weighted by atomic mass is 9.99. The molecule has 0 aliphatic heterocycles. The van der Waals surface area contributed by atoms with Gasteiger partial charge in [-0.25, -0.2) is 4.98 Å². The number of aryl methyl sites for hydroxylation is 1. The molecule has 166 valence electrons. The molecule has 3 rings (SSSR count). The third-order valence-corrected chi connectivity index (χ3v) is 4.96. The second kappa shape index (κ2) is 10.1. The largest absolute Gasteiger partial charge is 0.383 e. The summed E-state index contributed by atoms with van der Waals surface area (Å²) in [5, 5.41) is 5.74. The van der Waals surface area contributed by atoms with Crippen LogP contribution in [0.1, 0.15) is 41.4 Å². The van der Waals surface area contributed by atoms with Gasteiger partial charge in [-0.3, -0.25) is 9.59 Å². The van der Waals surface area contributed by atoms with Gasteiger partial charge in [-0.1, -0.05) is 36.4 Å². The Hall–Kier alpha value is -3.71. The Morgan fingerprint density at radius 2 is 1.78 bits per heavy atom. The Morgan fingerprint density at radius 1 is 1.06 bits per heavy atom. The van der Waals surface area contributed by atoms with Gasteiger partial charge in [-0.2, -0.15) is 0 Å². The molecule has 1 heterocycles. The van der Waals surface area contributed by atoms with Crippen LogP contribution < -0.4 is 16.4 Å². The fourth-order valence-corrected chi connectivity index (χ4v) is 3.44. The number of carbonyl (C=O) groups is 2. The van der Waals surface area contributed by atoms with Crippen LogP contribution in [0, 0.1) is 6.92 Å². The quantitative estimate of drug-likeness (QED) is 0.521. The third-order valence-electron chi connectivity index (χ3n) is 4.96. The number of nitrogens with zero attached hydrogens (tertiary/aromatic N) is 1. The van der Waals surface area contributed by atoms with E-state index in [4.69, 9.17) is 10.5 Å². The van der Waals surface area contributed by atoms with Gasteiger partial charge < -0.3 is 21.1 Å². The molecule has 0 bridgehead atoms. The van der Waals surface area contributed by atoms with Crippen molar-refractivity contribution in [3.05, 3.63) is 77.5 Å². The Morgan fingerprint density at radius 3 is 2.41 bits per heavy atom. The molecule has 0 unspecified atom stereocenters. The molecule has 0 saturated heterocycles. The van der Waals surface area contributed by atoms with E-state index in [-0.39, 0.29) is 23.7 Å². The molecular formula is C25H28N4O3. The van der Waals surface area contributed by atoms with Crippen LogP contribution in [0.15, 0.2) is 60.8 Å². The van der Waals surface area contributed by atoms with Crippen LogP contribution in [0.4, 0.5) is 11.5 Å². The number of nitrogens with one attached hydrogen (secondary N) is 2. The number of ether oxygens (including phenoxy) is 1. The number of hydrogen-bond acceptors (Lipinski definition) is 5. The van der Waals surface area contributed by atoms with Gasteiger partial charge in [0.2, 0.25) is 0 Å². The van der Waals surface area contributed by atoms with Gasteiger partial charge in [0.25, 0.3) is 11.8 Å². The van der Waals surface area contributed by atoms with E-state index >= 15 is 0 Å². The standard InChI is InChI=1S/C25H28N4O3/c1-15(2)28-24(30)21-13-18(14-27-23(21)26)20-11-10-19(12-16(20)3)29-25(31)22(32-4)17-8-6-5-7-9-17/h5-15,22H,1-4H3,(H2,26,27)(H,28,30)(H,29,31)/t22-/m0/s1. The maximum absolute atomic E-state index is 12.8. The highest BCUT2D eigenvalue weighted by atomic mass is 16.5. The van der Waals surface area contributed by atoms with Crippen molar-refractivity contribution in [2.24, 2.45) is 0 Å². The summed E-state index contributed by atoms with van der Waals surface area (Å²) >= 11 is 0. The minimum atomic E-state index is -0.709. The number of rotatable bonds is 7. The van der Waals surface area contributed by atoms with Crippen LogP contribution in [0.3, 0.4) is 0 Å². The van der Waals surface area contributed by atoms with E-state index in [9.17, 15) is 9.59 Å². The van der Waals surface area contributed by atoms with Crippen LogP contribution in [0.25, 0.3) is 11.1 Å². The van der Waals surface area contributed by atoms with E-state index in [1.807, 2.05) is 69.3 Å². The molecule has 0 saturated carbocycles. The fraction of sp³-hybridized carbons (Fsp3) is 0.240. The van der Waals surface area contributed by atoms with E-state index in [0.717, 1.165) is 22.3 Å². The SMILES string of the molecule is CO[C@H](C(=O)Nc1ccc(-c2cnc(N)c(C(=O)NC(C)C)c2)c(C)c1)c1ccccc1. The summed E-state index contributed by atoms with van der Waals surface area (Å²) in [6, 6.07) is 16.6. The van der Waals surface area contributed by atoms with Gasteiger partial charge >= 0.3 is 0 Å². The molecule has 1 aromatic heterocycles. The average molecular weight is 433 g/mol. The molecule has 32 heavy (non-hydrogen) atoms. The molecule has 0 aliphatic carbocycles. The molecule has 2 amide bonds. The zero-order valence-electron chi connectivity index (χ0n) is 18.7. The first-order valence-electron chi connectivity index (χ1n) is 10.4. The molecule has 0 spiro atoms. The smallest absolute Gasteiger partial charge is 0.258 e. The highest BCUT2D eigenvalue weighted by Gasteiger charge is 2.20. The molecule has 0 radical (unpaired) electrons. The molecule has 2 aromatic carbocycles. The summed E-state index contributed by atoms with van der Waals surface area (Å²) in [5.74, 6) is -0.340. The molecule has 0 aliphatic rings. The first kappa shape index (κ1) is 23.0. The summed E-state index contributed by atoms with van der Waals surface area (Å²) in [6.07, 6.45) is 0.929. The number of pyridine rings is 1. The fourth-order valence-electron chi connectivity index (χ4n) is 3.44. The number of carbonyl (C=O) groups excluding carboxylic acids is 2. The van der Waals surface area contributed by atoms with Gasteiger partial charge in [0.05, 0.1) is 5.56 Å². The van der Waals surface area contributed by atoms with E-state index < -0.39 is 6.10 Å². The van der Waals surface area contributed by atoms with Crippen LogP contribution in [-0.2, 0) is 9.53 Å². The maximum Gasteiger partial charge on any atom is 0.258 e. The van der Waals surface area contributed by atoms with Crippen LogP contribution >= 0.6 is 0 Å². The normalized spacial score (nSPS) is 11.8. The summed E-state index contributed by atoms with van der Waals surface area (Å²) in [4.78, 5) is 29.4. The van der Waals surface area contributed by atoms with E-state index in [2.05, 4.69) is 15.6 Å². The Labute approximate surface area is 188 Å². The average Bonchev–Trinajstić information content (AvgIpc) is 2.75. The molecule has 3 aromatic rings. The predicted octanol–water partition coefficient (Wildman–Crippen LogP) is 4.10. The summed E-state index contributed by atoms with van der Waals surface area (Å²) in [5.41, 5.74) is 10.2. The number of nitrogen functional groups attached to an aromatic ring is 1. The Bertz CT molecular complexity index is 1110. The first-order chi connectivity index (χ1) is 15.3. The van der Waals surface area contributed by atoms with E-state index in [1.165, 1.54) is 7.11 Å². The van der Waals surface area contributed by atoms with Gasteiger partial charge in [-0.05, 0) is 55.7 Å². The topological polar surface area (TPSA) is 106 Å². The van der Waals surface area contributed by atoms with Crippen molar-refractivity contribution >= 4 is 23.3 Å². The first-order valence-corrected chi connectivity index (χ1v) is 10.4. The van der Waals surface area contributed by atoms with Crippen LogP contribution in [0.2, 0.25) is 0 Å². The van der Waals surface area contributed by atoms with Crippen LogP contribution in [-0.4, -0.2) is 29.9 Å². The number of nitrogens with two attached hydrogens (primary N) is 1. The van der Waals surface area contributed by atoms with Crippen molar-refractivity contribution in [1.82, 2.24) is 10.3 Å². The van der Waals surface area contributed by atoms with Crippen molar-refractivity contribution in [3.63, 3.8) is 0 Å². The Balaban J connectivity index is 1.82. The molecule has 7 heteroatoms. The van der Waals surface area contributed by atoms with Gasteiger partial charge in [0, 0.05) is 30.6 Å². The zero-order chi connectivity index (χ0) is 23.3. The van der Waals surface area contributed by atoms with E-state index in [1.54, 1.807) is 12.3 Å². The second-order valence-electron chi connectivity index (χ2n) is 7.83. The zero-order valence-corrected chi connectivity index (χ0v) is 18.7. The minimum Gasteiger partial charge on any atom is -0.383 e. The molecule has 0 fully saturated rings. The number of methoxy groups -OCH3 is 1. The summed E-state index contributed by atoms with van der Waals surface area (Å²) in [7, 11) is 1.51. The molecule has 4 N–H and O–H groups in total. The molecular weight excluding hydrogens is 404 g/mol. The Kier molecular flexibility index (Phi) is 7.22. The lowest BCUT2D eigenvalue weighted by Crippen LogP contribution is -2.30. The maximum atomic E-state index is 12.8. The van der Waals surface area contributed by atoms with Crippen LogP contribution in [0.5, 0.6) is 0 Å². The summed E-state index contributed by atoms with van der Waals surface area (Å²) < 4.78 is 5.40. The third kappa shape index (κ3) is 5.31. The molecule has 1 atom stereocenters. The van der Waals surface area contributed by atoms with Crippen molar-refractivity contribution < 1.29 is 14.3 Å². The number of anilines is 2. The number of aromatic nitrogens is 1. The van der Waals surface area contributed by atoms with Crippen molar-refractivity contribution in [3.8, 4) is 11.1 Å². The van der Waals surface area contributed by atoms with Gasteiger partial charge in [0.15, 0.2) is 6.10 Å². The lowest BCUT2D eigenvalue weighted by Gasteiger charge is -2.17. The number of benzene rings is 2. The highest BCUT2D eigenvalue weighted by molar-refractivity contribution is 6.00. The highest BCUT2D eigenvalue weighted by Crippen LogP contribution is 2.28. The second-order valence-corrected chi connectivity index (χ2v) is 7.83. The number of hydrogen-bond donors (Lipinski definition) is 3. The van der Waals surface area contributed by atoms with Gasteiger partial charge in [-0.15, -0.1) is 0 Å². The predicted molar refractivity (Wildman–Crippen MR) is 126 cm³/mol. The van der Waals surface area contributed by atoms with E-state index in [0.29, 0.717) is 11.3 Å². The van der Waals surface area contributed by atoms with Crippen molar-refractivity contribution in [2.75, 3.05) is 18.2 Å². The monoisotopic (exact) mass is 432 g/mol. The number of amides is 2. The summed E-state index contributed by atoms with van der Waals surface area (Å²) in [6.45, 7) is 5.70. The lowest BCUT2D eigenvalue weighted by molar-refractivity contribution is -0.126. The van der Waals surface area contributed by atoms with Gasteiger partial charge in [0.1, 0.15) is 5.82 Å². The molecule has 7 nitrogen and oxygen atoms in total. The van der Waals surface area contributed by atoms with Crippen molar-refractivity contribution in [2.45, 2.75) is 32.9 Å². The minimum absolute atomic E-state index is 0.0120.